The molecule has 3 nitrogen and oxygen atoms in total. The van der Waals surface area contributed by atoms with Gasteiger partial charge in [0.25, 0.3) is 0 Å². The predicted molar refractivity (Wildman–Crippen MR) is 74.8 cm³/mol. The maximum Gasteiger partial charge on any atom is 0.0663 e. The summed E-state index contributed by atoms with van der Waals surface area (Å²) in [5.41, 5.74) is 2.42. The maximum atomic E-state index is 5.88. The topological polar surface area (TPSA) is 29.9 Å². The van der Waals surface area contributed by atoms with Gasteiger partial charge in [0.1, 0.15) is 0 Å². The molecule has 0 atom stereocenters. The average molecular weight is 264 g/mol. The third-order valence-electron chi connectivity index (χ3n) is 2.78. The van der Waals surface area contributed by atoms with Gasteiger partial charge < -0.3 is 5.32 Å². The summed E-state index contributed by atoms with van der Waals surface area (Å²) in [4.78, 5) is 0. The second-order valence-electron chi connectivity index (χ2n) is 4.28. The molecule has 0 amide bonds. The van der Waals surface area contributed by atoms with E-state index in [9.17, 15) is 0 Å². The summed E-state index contributed by atoms with van der Waals surface area (Å²) in [6, 6.07) is 9.95. The summed E-state index contributed by atoms with van der Waals surface area (Å²) < 4.78 is 2.02. The number of aromatic nitrogens is 2. The Balaban J connectivity index is 2.00. The summed E-state index contributed by atoms with van der Waals surface area (Å²) in [6.45, 7) is 4.85. The van der Waals surface area contributed by atoms with Crippen LogP contribution in [0.2, 0.25) is 5.02 Å². The Morgan fingerprint density at radius 3 is 2.72 bits per heavy atom. The molecular formula is C14H18ClN3. The van der Waals surface area contributed by atoms with Crippen LogP contribution < -0.4 is 5.32 Å². The van der Waals surface area contributed by atoms with E-state index in [1.54, 1.807) is 0 Å². The van der Waals surface area contributed by atoms with Crippen molar-refractivity contribution in [1.82, 2.24) is 15.1 Å². The molecule has 4 heteroatoms. The minimum atomic E-state index is 0.768. The molecule has 0 saturated carbocycles. The van der Waals surface area contributed by atoms with Crippen molar-refractivity contribution in [3.63, 3.8) is 0 Å². The average Bonchev–Trinajstić information content (AvgIpc) is 2.80. The lowest BCUT2D eigenvalue weighted by Crippen LogP contribution is -2.17. The summed E-state index contributed by atoms with van der Waals surface area (Å²) in [6.07, 6.45) is 2.99. The van der Waals surface area contributed by atoms with E-state index >= 15 is 0 Å². The molecule has 0 spiro atoms. The normalized spacial score (nSPS) is 10.8. The molecular weight excluding hydrogens is 246 g/mol. The SMILES string of the molecule is CCCNCc1ccnn1Cc1ccc(Cl)cc1. The molecule has 1 N–H and O–H groups in total. The van der Waals surface area contributed by atoms with E-state index in [-0.39, 0.29) is 0 Å². The number of hydrogen-bond acceptors (Lipinski definition) is 2. The second-order valence-corrected chi connectivity index (χ2v) is 4.72. The molecule has 0 fully saturated rings. The van der Waals surface area contributed by atoms with Gasteiger partial charge in [-0.2, -0.15) is 5.10 Å². The van der Waals surface area contributed by atoms with Gasteiger partial charge in [0.05, 0.1) is 12.2 Å². The number of nitrogens with one attached hydrogen (secondary N) is 1. The van der Waals surface area contributed by atoms with Gasteiger partial charge in [0.2, 0.25) is 0 Å². The highest BCUT2D eigenvalue weighted by Crippen LogP contribution is 2.11. The molecule has 1 heterocycles. The van der Waals surface area contributed by atoms with Crippen LogP contribution in [0.1, 0.15) is 24.6 Å². The Kier molecular flexibility index (Phi) is 4.79. The molecule has 18 heavy (non-hydrogen) atoms. The molecule has 0 saturated heterocycles. The van der Waals surface area contributed by atoms with E-state index in [0.29, 0.717) is 0 Å². The van der Waals surface area contributed by atoms with Gasteiger partial charge in [-0.05, 0) is 36.7 Å². The van der Waals surface area contributed by atoms with Crippen LogP contribution in [0, 0.1) is 0 Å². The Bertz CT molecular complexity index is 476. The fourth-order valence-corrected chi connectivity index (χ4v) is 1.93. The molecule has 1 aromatic carbocycles. The first-order chi connectivity index (χ1) is 8.79. The number of halogens is 1. The third kappa shape index (κ3) is 3.59. The molecule has 0 bridgehead atoms. The highest BCUT2D eigenvalue weighted by molar-refractivity contribution is 6.30. The van der Waals surface area contributed by atoms with Crippen molar-refractivity contribution in [2.75, 3.05) is 6.54 Å². The minimum absolute atomic E-state index is 0.768. The fourth-order valence-electron chi connectivity index (χ4n) is 1.81. The minimum Gasteiger partial charge on any atom is -0.311 e. The van der Waals surface area contributed by atoms with Crippen LogP contribution in [-0.2, 0) is 13.1 Å². The highest BCUT2D eigenvalue weighted by atomic mass is 35.5. The first-order valence-corrected chi connectivity index (χ1v) is 6.63. The van der Waals surface area contributed by atoms with Crippen molar-refractivity contribution in [3.05, 3.63) is 52.8 Å². The van der Waals surface area contributed by atoms with E-state index in [0.717, 1.165) is 31.1 Å². The number of benzene rings is 1. The predicted octanol–water partition coefficient (Wildman–Crippen LogP) is 3.08. The van der Waals surface area contributed by atoms with Crippen LogP contribution in [0.15, 0.2) is 36.5 Å². The first kappa shape index (κ1) is 13.1. The lowest BCUT2D eigenvalue weighted by atomic mass is 10.2. The Labute approximate surface area is 113 Å². The zero-order chi connectivity index (χ0) is 12.8. The monoisotopic (exact) mass is 263 g/mol. The largest absolute Gasteiger partial charge is 0.311 e. The first-order valence-electron chi connectivity index (χ1n) is 6.25. The molecule has 0 unspecified atom stereocenters. The van der Waals surface area contributed by atoms with Gasteiger partial charge in [0.15, 0.2) is 0 Å². The van der Waals surface area contributed by atoms with E-state index in [4.69, 9.17) is 11.6 Å². The van der Waals surface area contributed by atoms with Gasteiger partial charge in [-0.15, -0.1) is 0 Å². The van der Waals surface area contributed by atoms with Crippen molar-refractivity contribution in [1.29, 1.82) is 0 Å². The second kappa shape index (κ2) is 6.57. The van der Waals surface area contributed by atoms with Crippen LogP contribution in [0.25, 0.3) is 0 Å². The van der Waals surface area contributed by atoms with E-state index in [2.05, 4.69) is 23.4 Å². The van der Waals surface area contributed by atoms with Crippen molar-refractivity contribution in [2.24, 2.45) is 0 Å². The molecule has 0 aliphatic carbocycles. The van der Waals surface area contributed by atoms with Crippen molar-refractivity contribution >= 4 is 11.6 Å². The fraction of sp³-hybridized carbons (Fsp3) is 0.357. The molecule has 1 aromatic heterocycles. The number of nitrogens with zero attached hydrogens (tertiary/aromatic N) is 2. The van der Waals surface area contributed by atoms with Gasteiger partial charge in [-0.1, -0.05) is 30.7 Å². The molecule has 0 aliphatic rings. The lowest BCUT2D eigenvalue weighted by Gasteiger charge is -2.08. The molecule has 96 valence electrons. The van der Waals surface area contributed by atoms with E-state index in [1.165, 1.54) is 11.3 Å². The van der Waals surface area contributed by atoms with Crippen LogP contribution in [0.4, 0.5) is 0 Å². The van der Waals surface area contributed by atoms with Gasteiger partial charge >= 0.3 is 0 Å². The Morgan fingerprint density at radius 2 is 2.00 bits per heavy atom. The van der Waals surface area contributed by atoms with Crippen LogP contribution in [-0.4, -0.2) is 16.3 Å². The van der Waals surface area contributed by atoms with Crippen molar-refractivity contribution in [2.45, 2.75) is 26.4 Å². The lowest BCUT2D eigenvalue weighted by molar-refractivity contribution is 0.592. The Morgan fingerprint density at radius 1 is 1.22 bits per heavy atom. The smallest absolute Gasteiger partial charge is 0.0663 e. The summed E-state index contributed by atoms with van der Waals surface area (Å²) in [5, 5.41) is 8.51. The highest BCUT2D eigenvalue weighted by Gasteiger charge is 2.02. The zero-order valence-electron chi connectivity index (χ0n) is 10.6. The molecule has 2 rings (SSSR count). The van der Waals surface area contributed by atoms with Crippen LogP contribution >= 0.6 is 11.6 Å². The van der Waals surface area contributed by atoms with Crippen molar-refractivity contribution in [3.8, 4) is 0 Å². The summed E-state index contributed by atoms with van der Waals surface area (Å²) in [5.74, 6) is 0. The third-order valence-corrected chi connectivity index (χ3v) is 3.03. The van der Waals surface area contributed by atoms with E-state index in [1.807, 2.05) is 35.1 Å². The van der Waals surface area contributed by atoms with Gasteiger partial charge in [0, 0.05) is 17.8 Å². The molecule has 0 aliphatic heterocycles. The van der Waals surface area contributed by atoms with Gasteiger partial charge in [-0.3, -0.25) is 4.68 Å². The van der Waals surface area contributed by atoms with Gasteiger partial charge in [-0.25, -0.2) is 0 Å². The van der Waals surface area contributed by atoms with Crippen LogP contribution in [0.3, 0.4) is 0 Å². The molecule has 2 aromatic rings. The van der Waals surface area contributed by atoms with E-state index < -0.39 is 0 Å². The number of rotatable bonds is 6. The molecule has 0 radical (unpaired) electrons. The summed E-state index contributed by atoms with van der Waals surface area (Å²) in [7, 11) is 0. The standard InChI is InChI=1S/C14H18ClN3/c1-2-8-16-10-14-7-9-17-18(14)11-12-3-5-13(15)6-4-12/h3-7,9,16H,2,8,10-11H2,1H3. The Hall–Kier alpha value is -1.32. The summed E-state index contributed by atoms with van der Waals surface area (Å²) >= 11 is 5.88. The maximum absolute atomic E-state index is 5.88. The quantitative estimate of drug-likeness (QED) is 0.812. The van der Waals surface area contributed by atoms with Crippen molar-refractivity contribution < 1.29 is 0 Å². The zero-order valence-corrected chi connectivity index (χ0v) is 11.3. The number of hydrogen-bond donors (Lipinski definition) is 1. The van der Waals surface area contributed by atoms with Crippen LogP contribution in [0.5, 0.6) is 0 Å².